The molecule has 4 fully saturated rings. The molecule has 32 heavy (non-hydrogen) atoms. The second kappa shape index (κ2) is 9.75. The molecule has 0 aromatic heterocycles. The summed E-state index contributed by atoms with van der Waals surface area (Å²) < 4.78 is 0. The summed E-state index contributed by atoms with van der Waals surface area (Å²) in [6.07, 6.45) is 16.5. The Balaban J connectivity index is 1.43. The van der Waals surface area contributed by atoms with Crippen LogP contribution in [0.1, 0.15) is 119 Å². The van der Waals surface area contributed by atoms with E-state index in [1.165, 1.54) is 64.2 Å². The summed E-state index contributed by atoms with van der Waals surface area (Å²) in [5.74, 6) is 8.46. The highest BCUT2D eigenvalue weighted by molar-refractivity contribution is 7.99. The summed E-state index contributed by atoms with van der Waals surface area (Å²) in [5, 5.41) is 11.3. The van der Waals surface area contributed by atoms with E-state index in [9.17, 15) is 5.11 Å². The molecule has 0 aromatic rings. The lowest BCUT2D eigenvalue weighted by Crippen LogP contribution is -2.56. The topological polar surface area (TPSA) is 20.2 Å². The summed E-state index contributed by atoms with van der Waals surface area (Å²) >= 11 is 1.95. The lowest BCUT2D eigenvalue weighted by Gasteiger charge is -2.62. The molecule has 0 radical (unpaired) electrons. The molecule has 4 aliphatic rings. The summed E-state index contributed by atoms with van der Waals surface area (Å²) in [7, 11) is 0. The van der Waals surface area contributed by atoms with Crippen LogP contribution in [0.5, 0.6) is 0 Å². The van der Waals surface area contributed by atoms with Crippen LogP contribution in [0, 0.1) is 52.3 Å². The van der Waals surface area contributed by atoms with Gasteiger partial charge in [-0.05, 0) is 116 Å². The molecule has 4 aliphatic carbocycles. The second-order valence-electron chi connectivity index (χ2n) is 13.8. The maximum Gasteiger partial charge on any atom is 0.0740 e. The fraction of sp³-hybridized carbons (Fsp3) is 1.00. The Morgan fingerprint density at radius 1 is 0.875 bits per heavy atom. The van der Waals surface area contributed by atoms with Crippen molar-refractivity contribution in [1.82, 2.24) is 0 Å². The van der Waals surface area contributed by atoms with Crippen molar-refractivity contribution in [1.29, 1.82) is 0 Å². The summed E-state index contributed by atoms with van der Waals surface area (Å²) in [6.45, 7) is 15.0. The van der Waals surface area contributed by atoms with Crippen molar-refractivity contribution in [3.8, 4) is 0 Å². The van der Waals surface area contributed by atoms with E-state index in [1.807, 2.05) is 11.8 Å². The molecule has 0 heterocycles. The molecule has 2 heteroatoms. The van der Waals surface area contributed by atoms with E-state index in [4.69, 9.17) is 0 Å². The summed E-state index contributed by atoms with van der Waals surface area (Å²) in [6, 6.07) is 0. The van der Waals surface area contributed by atoms with Crippen LogP contribution >= 0.6 is 11.8 Å². The molecule has 186 valence electrons. The molecule has 0 aromatic carbocycles. The first-order chi connectivity index (χ1) is 15.1. The molecule has 3 unspecified atom stereocenters. The Hall–Kier alpha value is 0.310. The first kappa shape index (κ1) is 25.4. The fourth-order valence-corrected chi connectivity index (χ4v) is 10.6. The van der Waals surface area contributed by atoms with E-state index in [0.717, 1.165) is 65.8 Å². The number of aliphatic hydroxyl groups is 1. The lowest BCUT2D eigenvalue weighted by atomic mass is 9.43. The molecule has 1 nitrogen and oxygen atoms in total. The Kier molecular flexibility index (Phi) is 7.74. The molecule has 1 N–H and O–H groups in total. The molecule has 0 aliphatic heterocycles. The highest BCUT2D eigenvalue weighted by atomic mass is 32.2. The molecular formula is C30H54OS. The van der Waals surface area contributed by atoms with Gasteiger partial charge in [0.05, 0.1) is 5.60 Å². The molecule has 0 bridgehead atoms. The number of rotatable bonds is 8. The Labute approximate surface area is 204 Å². The lowest BCUT2D eigenvalue weighted by molar-refractivity contribution is -0.146. The van der Waals surface area contributed by atoms with Gasteiger partial charge in [0.25, 0.3) is 0 Å². The molecule has 4 rings (SSSR count). The minimum Gasteiger partial charge on any atom is -0.389 e. The Morgan fingerprint density at radius 3 is 2.34 bits per heavy atom. The van der Waals surface area contributed by atoms with Gasteiger partial charge in [0.15, 0.2) is 0 Å². The highest BCUT2D eigenvalue weighted by Crippen LogP contribution is 2.69. The third-order valence-electron chi connectivity index (χ3n) is 11.6. The zero-order valence-corrected chi connectivity index (χ0v) is 23.1. The minimum atomic E-state index is -0.384. The van der Waals surface area contributed by atoms with Gasteiger partial charge in [0.2, 0.25) is 0 Å². The van der Waals surface area contributed by atoms with Crippen LogP contribution in [0.4, 0.5) is 0 Å². The van der Waals surface area contributed by atoms with Gasteiger partial charge >= 0.3 is 0 Å². The molecule has 0 spiro atoms. The molecule has 0 saturated heterocycles. The van der Waals surface area contributed by atoms with Gasteiger partial charge in [-0.1, -0.05) is 60.8 Å². The van der Waals surface area contributed by atoms with Crippen molar-refractivity contribution in [3.63, 3.8) is 0 Å². The van der Waals surface area contributed by atoms with E-state index in [-0.39, 0.29) is 5.60 Å². The van der Waals surface area contributed by atoms with Crippen LogP contribution < -0.4 is 0 Å². The van der Waals surface area contributed by atoms with Crippen molar-refractivity contribution in [2.24, 2.45) is 52.3 Å². The van der Waals surface area contributed by atoms with Crippen LogP contribution in [0.25, 0.3) is 0 Å². The molecule has 4 saturated carbocycles. The van der Waals surface area contributed by atoms with Gasteiger partial charge in [-0.2, -0.15) is 11.8 Å². The normalized spacial score (nSPS) is 47.1. The maximum atomic E-state index is 11.3. The third-order valence-corrected chi connectivity index (χ3v) is 12.7. The van der Waals surface area contributed by atoms with E-state index in [0.29, 0.717) is 10.8 Å². The van der Waals surface area contributed by atoms with E-state index < -0.39 is 0 Å². The van der Waals surface area contributed by atoms with E-state index in [1.54, 1.807) is 0 Å². The van der Waals surface area contributed by atoms with Gasteiger partial charge in [0, 0.05) is 5.75 Å². The average Bonchev–Trinajstić information content (AvgIpc) is 3.10. The van der Waals surface area contributed by atoms with Gasteiger partial charge in [0.1, 0.15) is 0 Å². The Morgan fingerprint density at radius 2 is 1.62 bits per heavy atom. The van der Waals surface area contributed by atoms with E-state index in [2.05, 4.69) is 41.5 Å². The fourth-order valence-electron chi connectivity index (χ4n) is 9.77. The van der Waals surface area contributed by atoms with Crippen molar-refractivity contribution in [3.05, 3.63) is 0 Å². The first-order valence-corrected chi connectivity index (χ1v) is 15.6. The van der Waals surface area contributed by atoms with Crippen LogP contribution in [-0.2, 0) is 0 Å². The number of thioether (sulfide) groups is 1. The molecule has 9 atom stereocenters. The first-order valence-electron chi connectivity index (χ1n) is 14.4. The zero-order valence-electron chi connectivity index (χ0n) is 22.3. The largest absolute Gasteiger partial charge is 0.389 e. The van der Waals surface area contributed by atoms with Crippen LogP contribution in [0.3, 0.4) is 0 Å². The summed E-state index contributed by atoms with van der Waals surface area (Å²) in [5.41, 5.74) is 0.716. The highest BCUT2D eigenvalue weighted by Gasteiger charge is 2.61. The van der Waals surface area contributed by atoms with Crippen LogP contribution in [0.2, 0.25) is 0 Å². The SMILES string of the molecule is CCSC[C@@]1(O)CC[C@]2(C)C3CC[C@@]4(C)C(CC[C@@H]4[C@H](C)CCCC(C)C)C3CC[C@H]2C1. The third kappa shape index (κ3) is 4.59. The van der Waals surface area contributed by atoms with Crippen molar-refractivity contribution >= 4 is 11.8 Å². The average molecular weight is 463 g/mol. The predicted octanol–water partition coefficient (Wildman–Crippen LogP) is 8.59. The Bertz CT molecular complexity index is 632. The molecular weight excluding hydrogens is 408 g/mol. The van der Waals surface area contributed by atoms with Crippen LogP contribution in [0.15, 0.2) is 0 Å². The second-order valence-corrected chi connectivity index (χ2v) is 15.0. The van der Waals surface area contributed by atoms with Gasteiger partial charge in [-0.3, -0.25) is 0 Å². The standard InChI is InChI=1S/C30H54OS/c1-7-32-20-30(31)18-17-28(5)23(19-30)11-12-24-26-14-13-25(22(4)10-8-9-21(2)3)29(26,6)16-15-27(24)28/h21-27,31H,7-20H2,1-6H3/t22-,23+,24?,25-,26?,27?,28+,29-,30-/m1/s1. The predicted molar refractivity (Wildman–Crippen MR) is 141 cm³/mol. The smallest absolute Gasteiger partial charge is 0.0740 e. The minimum absolute atomic E-state index is 0.384. The summed E-state index contributed by atoms with van der Waals surface area (Å²) in [4.78, 5) is 0. The number of fused-ring (bicyclic) bond motifs is 5. The maximum absolute atomic E-state index is 11.3. The van der Waals surface area contributed by atoms with Crippen LogP contribution in [-0.4, -0.2) is 22.2 Å². The number of hydrogen-bond acceptors (Lipinski definition) is 2. The monoisotopic (exact) mass is 462 g/mol. The van der Waals surface area contributed by atoms with Crippen molar-refractivity contribution in [2.75, 3.05) is 11.5 Å². The van der Waals surface area contributed by atoms with E-state index >= 15 is 0 Å². The zero-order chi connectivity index (χ0) is 23.1. The van der Waals surface area contributed by atoms with Gasteiger partial charge in [-0.15, -0.1) is 0 Å². The van der Waals surface area contributed by atoms with Gasteiger partial charge < -0.3 is 5.11 Å². The quantitative estimate of drug-likeness (QED) is 0.389. The van der Waals surface area contributed by atoms with Gasteiger partial charge in [-0.25, -0.2) is 0 Å². The van der Waals surface area contributed by atoms with Crippen molar-refractivity contribution < 1.29 is 5.11 Å². The molecule has 0 amide bonds. The number of hydrogen-bond donors (Lipinski definition) is 1. The van der Waals surface area contributed by atoms with Crippen molar-refractivity contribution in [2.45, 2.75) is 124 Å².